The Morgan fingerprint density at radius 3 is 2.30 bits per heavy atom. The number of aliphatic hydroxyl groups excluding tert-OH is 1. The molecule has 27 heavy (non-hydrogen) atoms. The number of rotatable bonds is 5. The van der Waals surface area contributed by atoms with Gasteiger partial charge < -0.3 is 10.0 Å². The van der Waals surface area contributed by atoms with Gasteiger partial charge in [0.25, 0.3) is 0 Å². The van der Waals surface area contributed by atoms with E-state index >= 15 is 0 Å². The molecule has 1 unspecified atom stereocenters. The molecule has 1 fully saturated rings. The number of nitrogens with zero attached hydrogens (tertiary/aromatic N) is 2. The van der Waals surface area contributed by atoms with Crippen molar-refractivity contribution in [3.63, 3.8) is 0 Å². The molecule has 0 aliphatic carbocycles. The standard InChI is InChI=1S/C20H22ClF3N2O/c21-19-7-6-16(13-18(19)20(22,23)24)26-10-8-25(9-11-26)14-17(27)12-15-4-2-1-3-5-15/h1-7,13,17,27H,8-12,14H2. The van der Waals surface area contributed by atoms with Crippen molar-refractivity contribution in [3.05, 3.63) is 64.7 Å². The summed E-state index contributed by atoms with van der Waals surface area (Å²) in [6, 6.07) is 13.8. The number of piperazine rings is 1. The van der Waals surface area contributed by atoms with Crippen molar-refractivity contribution in [2.75, 3.05) is 37.6 Å². The van der Waals surface area contributed by atoms with Crippen LogP contribution in [0.25, 0.3) is 0 Å². The monoisotopic (exact) mass is 398 g/mol. The number of anilines is 1. The zero-order chi connectivity index (χ0) is 19.4. The predicted octanol–water partition coefficient (Wildman–Crippen LogP) is 4.08. The van der Waals surface area contributed by atoms with Gasteiger partial charge in [0.1, 0.15) is 0 Å². The Balaban J connectivity index is 1.54. The van der Waals surface area contributed by atoms with Gasteiger partial charge in [0.15, 0.2) is 0 Å². The van der Waals surface area contributed by atoms with Crippen molar-refractivity contribution >= 4 is 17.3 Å². The van der Waals surface area contributed by atoms with Gasteiger partial charge in [0.2, 0.25) is 0 Å². The molecule has 7 heteroatoms. The number of aliphatic hydroxyl groups is 1. The lowest BCUT2D eigenvalue weighted by Gasteiger charge is -2.37. The predicted molar refractivity (Wildman–Crippen MR) is 101 cm³/mol. The molecule has 1 heterocycles. The summed E-state index contributed by atoms with van der Waals surface area (Å²) in [5.74, 6) is 0. The van der Waals surface area contributed by atoms with E-state index in [2.05, 4.69) is 4.90 Å². The van der Waals surface area contributed by atoms with Crippen LogP contribution in [-0.4, -0.2) is 48.8 Å². The lowest BCUT2D eigenvalue weighted by molar-refractivity contribution is -0.137. The fraction of sp³-hybridized carbons (Fsp3) is 0.400. The lowest BCUT2D eigenvalue weighted by atomic mass is 10.1. The second-order valence-electron chi connectivity index (χ2n) is 6.79. The van der Waals surface area contributed by atoms with Gasteiger partial charge in [0.05, 0.1) is 16.7 Å². The van der Waals surface area contributed by atoms with Crippen LogP contribution in [0.1, 0.15) is 11.1 Å². The van der Waals surface area contributed by atoms with E-state index in [0.29, 0.717) is 44.8 Å². The molecule has 0 radical (unpaired) electrons. The van der Waals surface area contributed by atoms with Crippen LogP contribution >= 0.6 is 11.6 Å². The number of hydrogen-bond donors (Lipinski definition) is 1. The Hall–Kier alpha value is -1.76. The van der Waals surface area contributed by atoms with E-state index in [1.54, 1.807) is 6.07 Å². The van der Waals surface area contributed by atoms with Gasteiger partial charge in [-0.05, 0) is 30.2 Å². The van der Waals surface area contributed by atoms with Gasteiger partial charge in [-0.25, -0.2) is 0 Å². The second-order valence-corrected chi connectivity index (χ2v) is 7.20. The van der Waals surface area contributed by atoms with E-state index in [9.17, 15) is 18.3 Å². The molecule has 1 atom stereocenters. The van der Waals surface area contributed by atoms with Crippen molar-refractivity contribution < 1.29 is 18.3 Å². The van der Waals surface area contributed by atoms with E-state index in [0.717, 1.165) is 11.6 Å². The molecule has 3 rings (SSSR count). The number of hydrogen-bond acceptors (Lipinski definition) is 3. The summed E-state index contributed by atoms with van der Waals surface area (Å²) in [4.78, 5) is 4.07. The first kappa shape index (κ1) is 20.0. The maximum absolute atomic E-state index is 13.0. The summed E-state index contributed by atoms with van der Waals surface area (Å²) in [6.45, 7) is 3.15. The van der Waals surface area contributed by atoms with Gasteiger partial charge in [-0.2, -0.15) is 13.2 Å². The van der Waals surface area contributed by atoms with Crippen LogP contribution in [0.4, 0.5) is 18.9 Å². The van der Waals surface area contributed by atoms with Gasteiger partial charge in [-0.3, -0.25) is 4.90 Å². The highest BCUT2D eigenvalue weighted by Crippen LogP contribution is 2.37. The smallest absolute Gasteiger partial charge is 0.391 e. The number of β-amino-alcohol motifs (C(OH)–C–C–N with tert-alkyl or cyclic N) is 1. The van der Waals surface area contributed by atoms with Crippen molar-refractivity contribution in [1.29, 1.82) is 0 Å². The molecule has 2 aromatic carbocycles. The van der Waals surface area contributed by atoms with Gasteiger partial charge in [-0.1, -0.05) is 41.9 Å². The van der Waals surface area contributed by atoms with Crippen molar-refractivity contribution in [2.45, 2.75) is 18.7 Å². The molecule has 2 aromatic rings. The van der Waals surface area contributed by atoms with Gasteiger partial charge >= 0.3 is 6.18 Å². The molecule has 1 N–H and O–H groups in total. The maximum atomic E-state index is 13.0. The van der Waals surface area contributed by atoms with Crippen LogP contribution in [0.15, 0.2) is 48.5 Å². The average Bonchev–Trinajstić information content (AvgIpc) is 2.62. The zero-order valence-corrected chi connectivity index (χ0v) is 15.5. The van der Waals surface area contributed by atoms with Crippen LogP contribution in [0.2, 0.25) is 5.02 Å². The Kier molecular flexibility index (Phi) is 6.29. The Labute approximate surface area is 162 Å². The normalized spacial score (nSPS) is 17.1. The fourth-order valence-corrected chi connectivity index (χ4v) is 3.59. The third-order valence-electron chi connectivity index (χ3n) is 4.78. The van der Waals surface area contributed by atoms with E-state index in [1.807, 2.05) is 35.2 Å². The third kappa shape index (κ3) is 5.37. The van der Waals surface area contributed by atoms with Gasteiger partial charge in [0, 0.05) is 38.4 Å². The largest absolute Gasteiger partial charge is 0.417 e. The molecule has 0 aromatic heterocycles. The van der Waals surface area contributed by atoms with Crippen molar-refractivity contribution in [3.8, 4) is 0 Å². The molecule has 1 aliphatic heterocycles. The summed E-state index contributed by atoms with van der Waals surface area (Å²) >= 11 is 5.69. The number of benzene rings is 2. The molecule has 3 nitrogen and oxygen atoms in total. The van der Waals surface area contributed by atoms with Crippen LogP contribution in [-0.2, 0) is 12.6 Å². The molecular weight excluding hydrogens is 377 g/mol. The fourth-order valence-electron chi connectivity index (χ4n) is 3.36. The highest BCUT2D eigenvalue weighted by atomic mass is 35.5. The van der Waals surface area contributed by atoms with Crippen molar-refractivity contribution in [2.24, 2.45) is 0 Å². The molecule has 0 saturated carbocycles. The number of alkyl halides is 3. The molecule has 0 amide bonds. The molecule has 1 aliphatic rings. The van der Waals surface area contributed by atoms with Crippen molar-refractivity contribution in [1.82, 2.24) is 4.90 Å². The van der Waals surface area contributed by atoms with E-state index in [-0.39, 0.29) is 5.02 Å². The lowest BCUT2D eigenvalue weighted by Crippen LogP contribution is -2.48. The summed E-state index contributed by atoms with van der Waals surface area (Å²) in [5, 5.41) is 10.0. The van der Waals surface area contributed by atoms with Crippen LogP contribution in [0, 0.1) is 0 Å². The first-order chi connectivity index (χ1) is 12.8. The Morgan fingerprint density at radius 1 is 1.00 bits per heavy atom. The van der Waals surface area contributed by atoms with Crippen LogP contribution in [0.3, 0.4) is 0 Å². The summed E-state index contributed by atoms with van der Waals surface area (Å²) in [5.41, 5.74) is 0.808. The quantitative estimate of drug-likeness (QED) is 0.822. The summed E-state index contributed by atoms with van der Waals surface area (Å²) < 4.78 is 39.1. The highest BCUT2D eigenvalue weighted by Gasteiger charge is 2.34. The Bertz CT molecular complexity index is 747. The van der Waals surface area contributed by atoms with E-state index in [1.165, 1.54) is 6.07 Å². The molecule has 0 spiro atoms. The minimum Gasteiger partial charge on any atom is -0.391 e. The first-order valence-corrected chi connectivity index (χ1v) is 9.27. The number of halogens is 4. The molecule has 0 bridgehead atoms. The molecular formula is C20H22ClF3N2O. The van der Waals surface area contributed by atoms with Crippen LogP contribution in [0.5, 0.6) is 0 Å². The SMILES string of the molecule is OC(Cc1ccccc1)CN1CCN(c2ccc(Cl)c(C(F)(F)F)c2)CC1. The summed E-state index contributed by atoms with van der Waals surface area (Å²) in [7, 11) is 0. The molecule has 146 valence electrons. The minimum absolute atomic E-state index is 0.283. The second kappa shape index (κ2) is 8.50. The van der Waals surface area contributed by atoms with E-state index < -0.39 is 17.8 Å². The maximum Gasteiger partial charge on any atom is 0.417 e. The van der Waals surface area contributed by atoms with Crippen LogP contribution < -0.4 is 4.90 Å². The average molecular weight is 399 g/mol. The zero-order valence-electron chi connectivity index (χ0n) is 14.8. The highest BCUT2D eigenvalue weighted by molar-refractivity contribution is 6.31. The Morgan fingerprint density at radius 2 is 1.67 bits per heavy atom. The molecule has 1 saturated heterocycles. The first-order valence-electron chi connectivity index (χ1n) is 8.89. The topological polar surface area (TPSA) is 26.7 Å². The van der Waals surface area contributed by atoms with Gasteiger partial charge in [-0.15, -0.1) is 0 Å². The van der Waals surface area contributed by atoms with E-state index in [4.69, 9.17) is 11.6 Å². The minimum atomic E-state index is -4.46. The third-order valence-corrected chi connectivity index (χ3v) is 5.11. The summed E-state index contributed by atoms with van der Waals surface area (Å²) in [6.07, 6.45) is -4.34.